The smallest absolute Gasteiger partial charge is 0.255 e. The Morgan fingerprint density at radius 1 is 1.19 bits per heavy atom. The molecule has 0 saturated heterocycles. The summed E-state index contributed by atoms with van der Waals surface area (Å²) in [5.41, 5.74) is 3.06. The molecule has 1 aromatic carbocycles. The number of nitrogens with zero attached hydrogens (tertiary/aromatic N) is 3. The fourth-order valence-electron chi connectivity index (χ4n) is 2.65. The van der Waals surface area contributed by atoms with Gasteiger partial charge in [-0.25, -0.2) is 17.2 Å². The molecule has 0 bridgehead atoms. The highest BCUT2D eigenvalue weighted by atomic mass is 32.2. The minimum absolute atomic E-state index is 0.218. The van der Waals surface area contributed by atoms with Gasteiger partial charge in [0.25, 0.3) is 5.91 Å². The van der Waals surface area contributed by atoms with Crippen LogP contribution in [-0.4, -0.2) is 42.3 Å². The van der Waals surface area contributed by atoms with Crippen LogP contribution in [0.1, 0.15) is 21.5 Å². The van der Waals surface area contributed by atoms with Crippen molar-refractivity contribution < 1.29 is 13.2 Å². The molecule has 2 heterocycles. The standard InChI is InChI=1S/C18H20N4O3S/c1-13-5-4-10-22-17(13)16(12-20-22)18(23)19-11-14-6-8-15(9-7-14)26(24,25)21(2)3/h4-10,12H,11H2,1-3H3,(H,19,23). The molecule has 136 valence electrons. The highest BCUT2D eigenvalue weighted by molar-refractivity contribution is 7.89. The highest BCUT2D eigenvalue weighted by Gasteiger charge is 2.17. The molecule has 0 atom stereocenters. The van der Waals surface area contributed by atoms with Gasteiger partial charge in [-0.1, -0.05) is 18.2 Å². The number of benzene rings is 1. The highest BCUT2D eigenvalue weighted by Crippen LogP contribution is 2.16. The molecular weight excluding hydrogens is 352 g/mol. The van der Waals surface area contributed by atoms with Crippen LogP contribution >= 0.6 is 0 Å². The summed E-state index contributed by atoms with van der Waals surface area (Å²) in [7, 11) is -0.479. The second kappa shape index (κ2) is 6.89. The van der Waals surface area contributed by atoms with Crippen LogP contribution in [-0.2, 0) is 16.6 Å². The van der Waals surface area contributed by atoms with Gasteiger partial charge in [0.15, 0.2) is 0 Å². The number of amides is 1. The number of rotatable bonds is 5. The van der Waals surface area contributed by atoms with E-state index in [1.165, 1.54) is 26.2 Å². The predicted molar refractivity (Wildman–Crippen MR) is 98.4 cm³/mol. The normalized spacial score (nSPS) is 11.8. The van der Waals surface area contributed by atoms with Crippen molar-refractivity contribution in [2.75, 3.05) is 14.1 Å². The summed E-state index contributed by atoms with van der Waals surface area (Å²) < 4.78 is 27.0. The fourth-order valence-corrected chi connectivity index (χ4v) is 3.55. The molecule has 1 amide bonds. The summed E-state index contributed by atoms with van der Waals surface area (Å²) in [5.74, 6) is -0.223. The van der Waals surface area contributed by atoms with Crippen molar-refractivity contribution >= 4 is 21.4 Å². The third kappa shape index (κ3) is 3.33. The summed E-state index contributed by atoms with van der Waals surface area (Å²) in [6.45, 7) is 2.22. The quantitative estimate of drug-likeness (QED) is 0.740. The van der Waals surface area contributed by atoms with Gasteiger partial charge in [-0.2, -0.15) is 5.10 Å². The maximum Gasteiger partial charge on any atom is 0.255 e. The Hall–Kier alpha value is -2.71. The van der Waals surface area contributed by atoms with E-state index in [0.29, 0.717) is 12.1 Å². The van der Waals surface area contributed by atoms with Gasteiger partial charge in [0.2, 0.25) is 10.0 Å². The molecule has 1 N–H and O–H groups in total. The van der Waals surface area contributed by atoms with Gasteiger partial charge in [-0.05, 0) is 36.2 Å². The molecule has 7 nitrogen and oxygen atoms in total. The zero-order valence-electron chi connectivity index (χ0n) is 14.8. The number of aromatic nitrogens is 2. The lowest BCUT2D eigenvalue weighted by atomic mass is 10.1. The minimum Gasteiger partial charge on any atom is -0.348 e. The van der Waals surface area contributed by atoms with Crippen molar-refractivity contribution in [3.05, 3.63) is 65.5 Å². The molecular formula is C18H20N4O3S. The molecule has 0 fully saturated rings. The zero-order chi connectivity index (χ0) is 18.9. The van der Waals surface area contributed by atoms with Crippen LogP contribution in [0.15, 0.2) is 53.7 Å². The Morgan fingerprint density at radius 3 is 2.54 bits per heavy atom. The van der Waals surface area contributed by atoms with E-state index in [1.807, 2.05) is 19.1 Å². The van der Waals surface area contributed by atoms with E-state index in [2.05, 4.69) is 10.4 Å². The van der Waals surface area contributed by atoms with Crippen molar-refractivity contribution in [1.29, 1.82) is 0 Å². The van der Waals surface area contributed by atoms with Gasteiger partial charge >= 0.3 is 0 Å². The van der Waals surface area contributed by atoms with Gasteiger partial charge in [0, 0.05) is 26.8 Å². The minimum atomic E-state index is -3.45. The maximum atomic E-state index is 12.5. The van der Waals surface area contributed by atoms with Crippen molar-refractivity contribution in [2.24, 2.45) is 0 Å². The summed E-state index contributed by atoms with van der Waals surface area (Å²) in [4.78, 5) is 12.7. The number of carbonyl (C=O) groups excluding carboxylic acids is 1. The zero-order valence-corrected chi connectivity index (χ0v) is 15.6. The molecule has 3 aromatic rings. The molecule has 26 heavy (non-hydrogen) atoms. The Morgan fingerprint density at radius 2 is 1.88 bits per heavy atom. The number of hydrogen-bond acceptors (Lipinski definition) is 4. The molecule has 8 heteroatoms. The largest absolute Gasteiger partial charge is 0.348 e. The molecule has 0 unspecified atom stereocenters. The third-order valence-electron chi connectivity index (χ3n) is 4.14. The third-order valence-corrected chi connectivity index (χ3v) is 5.97. The lowest BCUT2D eigenvalue weighted by Crippen LogP contribution is -2.23. The van der Waals surface area contributed by atoms with E-state index >= 15 is 0 Å². The van der Waals surface area contributed by atoms with Crippen LogP contribution in [0.5, 0.6) is 0 Å². The van der Waals surface area contributed by atoms with E-state index in [9.17, 15) is 13.2 Å². The van der Waals surface area contributed by atoms with E-state index in [1.54, 1.807) is 29.0 Å². The van der Waals surface area contributed by atoms with Gasteiger partial charge in [-0.3, -0.25) is 4.79 Å². The lowest BCUT2D eigenvalue weighted by Gasteiger charge is -2.12. The SMILES string of the molecule is Cc1cccn2ncc(C(=O)NCc3ccc(S(=O)(=O)N(C)C)cc3)c12. The monoisotopic (exact) mass is 372 g/mol. The van der Waals surface area contributed by atoms with Gasteiger partial charge < -0.3 is 5.32 Å². The summed E-state index contributed by atoms with van der Waals surface area (Å²) in [6, 6.07) is 10.3. The molecule has 0 saturated carbocycles. The molecule has 0 aliphatic heterocycles. The van der Waals surface area contributed by atoms with E-state index in [0.717, 1.165) is 20.9 Å². The molecule has 0 radical (unpaired) electrons. The van der Waals surface area contributed by atoms with E-state index in [4.69, 9.17) is 0 Å². The first kappa shape index (κ1) is 18.1. The summed E-state index contributed by atoms with van der Waals surface area (Å²) >= 11 is 0. The number of fused-ring (bicyclic) bond motifs is 1. The van der Waals surface area contributed by atoms with Crippen LogP contribution in [0.25, 0.3) is 5.52 Å². The maximum absolute atomic E-state index is 12.5. The van der Waals surface area contributed by atoms with Gasteiger partial charge in [0.1, 0.15) is 0 Å². The topological polar surface area (TPSA) is 83.8 Å². The van der Waals surface area contributed by atoms with Crippen molar-refractivity contribution in [2.45, 2.75) is 18.4 Å². The number of hydrogen-bond donors (Lipinski definition) is 1. The van der Waals surface area contributed by atoms with Gasteiger partial charge in [-0.15, -0.1) is 0 Å². The Balaban J connectivity index is 1.74. The fraction of sp³-hybridized carbons (Fsp3) is 0.222. The predicted octanol–water partition coefficient (Wildman–Crippen LogP) is 1.82. The molecule has 0 aliphatic carbocycles. The van der Waals surface area contributed by atoms with Crippen LogP contribution in [0.3, 0.4) is 0 Å². The van der Waals surface area contributed by atoms with Crippen LogP contribution in [0, 0.1) is 6.92 Å². The van der Waals surface area contributed by atoms with E-state index in [-0.39, 0.29) is 10.8 Å². The first-order chi connectivity index (χ1) is 12.3. The second-order valence-corrected chi connectivity index (χ2v) is 8.31. The number of aryl methyl sites for hydroxylation is 1. The van der Waals surface area contributed by atoms with Crippen molar-refractivity contribution in [1.82, 2.24) is 19.2 Å². The number of pyridine rings is 1. The average Bonchev–Trinajstić information content (AvgIpc) is 3.05. The molecule has 0 spiro atoms. The first-order valence-electron chi connectivity index (χ1n) is 8.03. The molecule has 3 rings (SSSR count). The summed E-state index contributed by atoms with van der Waals surface area (Å²) in [6.07, 6.45) is 3.34. The average molecular weight is 372 g/mol. The second-order valence-electron chi connectivity index (χ2n) is 6.16. The van der Waals surface area contributed by atoms with Gasteiger partial charge in [0.05, 0.1) is 22.2 Å². The van der Waals surface area contributed by atoms with Crippen LogP contribution < -0.4 is 5.32 Å². The molecule has 2 aromatic heterocycles. The molecule has 0 aliphatic rings. The van der Waals surface area contributed by atoms with Crippen molar-refractivity contribution in [3.8, 4) is 0 Å². The van der Waals surface area contributed by atoms with Crippen LogP contribution in [0.4, 0.5) is 0 Å². The lowest BCUT2D eigenvalue weighted by molar-refractivity contribution is 0.0952. The Bertz CT molecular complexity index is 1050. The van der Waals surface area contributed by atoms with Crippen molar-refractivity contribution in [3.63, 3.8) is 0 Å². The first-order valence-corrected chi connectivity index (χ1v) is 9.47. The van der Waals surface area contributed by atoms with E-state index < -0.39 is 10.0 Å². The van der Waals surface area contributed by atoms with Crippen LogP contribution in [0.2, 0.25) is 0 Å². The summed E-state index contributed by atoms with van der Waals surface area (Å²) in [5, 5.41) is 7.04. The Labute approximate surface area is 152 Å². The Kier molecular flexibility index (Phi) is 4.80. The number of nitrogens with one attached hydrogen (secondary N) is 1. The number of sulfonamides is 1. The number of carbonyl (C=O) groups is 1.